The number of imidazole rings is 1. The zero-order valence-corrected chi connectivity index (χ0v) is 21.8. The SMILES string of the molecule is Cc1cc(C)c(-c2cc(N3CCOCC3)c3nccn3n2)cc1NC(=O)c1cn(C(C)(C)C)nc1C. The van der Waals surface area contributed by atoms with Crippen molar-refractivity contribution in [2.45, 2.75) is 47.1 Å². The lowest BCUT2D eigenvalue weighted by molar-refractivity contribution is 0.102. The number of morpholine rings is 1. The highest BCUT2D eigenvalue weighted by molar-refractivity contribution is 6.05. The number of aryl methyl sites for hydroxylation is 3. The molecule has 9 heteroatoms. The summed E-state index contributed by atoms with van der Waals surface area (Å²) >= 11 is 0. The van der Waals surface area contributed by atoms with Crippen molar-refractivity contribution < 1.29 is 9.53 Å². The molecule has 0 unspecified atom stereocenters. The molecule has 1 aromatic carbocycles. The third-order valence-electron chi connectivity index (χ3n) is 6.62. The second-order valence-corrected chi connectivity index (χ2v) is 10.4. The number of ether oxygens (including phenoxy) is 1. The van der Waals surface area contributed by atoms with Gasteiger partial charge in [-0.15, -0.1) is 0 Å². The lowest BCUT2D eigenvalue weighted by atomic mass is 10.0. The Morgan fingerprint density at radius 3 is 2.47 bits per heavy atom. The van der Waals surface area contributed by atoms with Gasteiger partial charge in [0.2, 0.25) is 0 Å². The van der Waals surface area contributed by atoms with E-state index in [1.165, 1.54) is 0 Å². The van der Waals surface area contributed by atoms with Gasteiger partial charge in [0.15, 0.2) is 5.65 Å². The number of benzene rings is 1. The standard InChI is InChI=1S/C27H33N7O2/c1-17-13-18(2)22(29-26(35)21-16-34(27(4,5)6)30-19(21)3)14-20(17)23-15-24(32-9-11-36-12-10-32)25-28-7-8-33(25)31-23/h7-8,13-16H,9-12H2,1-6H3,(H,29,35). The normalized spacial score (nSPS) is 14.4. The first-order valence-electron chi connectivity index (χ1n) is 12.3. The van der Waals surface area contributed by atoms with Crippen LogP contribution in [0.4, 0.5) is 11.4 Å². The summed E-state index contributed by atoms with van der Waals surface area (Å²) in [6.07, 6.45) is 5.45. The van der Waals surface area contributed by atoms with E-state index in [9.17, 15) is 4.79 Å². The van der Waals surface area contributed by atoms with E-state index in [-0.39, 0.29) is 11.4 Å². The fraction of sp³-hybridized carbons (Fsp3) is 0.407. The van der Waals surface area contributed by atoms with E-state index in [1.807, 2.05) is 41.5 Å². The van der Waals surface area contributed by atoms with Crippen LogP contribution in [0.15, 0.2) is 36.8 Å². The topological polar surface area (TPSA) is 89.6 Å². The molecular formula is C27H33N7O2. The molecule has 1 N–H and O–H groups in total. The predicted octanol–water partition coefficient (Wildman–Crippen LogP) is 4.36. The van der Waals surface area contributed by atoms with Gasteiger partial charge >= 0.3 is 0 Å². The number of aromatic nitrogens is 5. The van der Waals surface area contributed by atoms with Crippen LogP contribution in [0, 0.1) is 20.8 Å². The number of nitrogens with one attached hydrogen (secondary N) is 1. The molecule has 5 rings (SSSR count). The molecule has 1 aliphatic rings. The van der Waals surface area contributed by atoms with Crippen molar-refractivity contribution >= 4 is 22.9 Å². The van der Waals surface area contributed by atoms with Crippen molar-refractivity contribution in [1.82, 2.24) is 24.4 Å². The highest BCUT2D eigenvalue weighted by atomic mass is 16.5. The molecule has 0 aliphatic carbocycles. The summed E-state index contributed by atoms with van der Waals surface area (Å²) < 4.78 is 9.21. The Morgan fingerprint density at radius 1 is 1.03 bits per heavy atom. The number of nitrogens with zero attached hydrogens (tertiary/aromatic N) is 6. The minimum absolute atomic E-state index is 0.173. The molecule has 4 heterocycles. The highest BCUT2D eigenvalue weighted by Gasteiger charge is 2.22. The van der Waals surface area contributed by atoms with Crippen molar-refractivity contribution in [3.63, 3.8) is 0 Å². The summed E-state index contributed by atoms with van der Waals surface area (Å²) in [5.41, 5.74) is 7.54. The van der Waals surface area contributed by atoms with E-state index in [0.29, 0.717) is 24.5 Å². The molecular weight excluding hydrogens is 454 g/mol. The largest absolute Gasteiger partial charge is 0.378 e. The second-order valence-electron chi connectivity index (χ2n) is 10.4. The number of carbonyl (C=O) groups is 1. The van der Waals surface area contributed by atoms with Crippen LogP contribution in [-0.4, -0.2) is 56.6 Å². The van der Waals surface area contributed by atoms with Crippen LogP contribution in [0.2, 0.25) is 0 Å². The summed E-state index contributed by atoms with van der Waals surface area (Å²) in [4.78, 5) is 20.1. The first-order valence-corrected chi connectivity index (χ1v) is 12.3. The maximum Gasteiger partial charge on any atom is 0.259 e. The summed E-state index contributed by atoms with van der Waals surface area (Å²) in [6.45, 7) is 15.1. The number of fused-ring (bicyclic) bond motifs is 1. The molecule has 1 aliphatic heterocycles. The van der Waals surface area contributed by atoms with Gasteiger partial charge in [0, 0.05) is 42.9 Å². The molecule has 0 spiro atoms. The average Bonchev–Trinajstić information content (AvgIpc) is 3.47. The minimum atomic E-state index is -0.202. The van der Waals surface area contributed by atoms with Crippen LogP contribution in [0.5, 0.6) is 0 Å². The Bertz CT molecular complexity index is 1440. The average molecular weight is 488 g/mol. The lowest BCUT2D eigenvalue weighted by Crippen LogP contribution is -2.36. The molecule has 9 nitrogen and oxygen atoms in total. The minimum Gasteiger partial charge on any atom is -0.378 e. The maximum absolute atomic E-state index is 13.2. The Morgan fingerprint density at radius 2 is 1.78 bits per heavy atom. The van der Waals surface area contributed by atoms with Crippen molar-refractivity contribution in [3.8, 4) is 11.3 Å². The van der Waals surface area contributed by atoms with Gasteiger partial charge < -0.3 is 15.0 Å². The first-order chi connectivity index (χ1) is 17.1. The fourth-order valence-corrected chi connectivity index (χ4v) is 4.55. The number of hydrogen-bond acceptors (Lipinski definition) is 6. The molecule has 4 aromatic rings. The van der Waals surface area contributed by atoms with Crippen LogP contribution in [-0.2, 0) is 10.3 Å². The van der Waals surface area contributed by atoms with E-state index >= 15 is 0 Å². The molecule has 36 heavy (non-hydrogen) atoms. The molecule has 3 aromatic heterocycles. The van der Waals surface area contributed by atoms with Crippen molar-refractivity contribution in [1.29, 1.82) is 0 Å². The summed E-state index contributed by atoms with van der Waals surface area (Å²) in [7, 11) is 0. The van der Waals surface area contributed by atoms with E-state index in [2.05, 4.69) is 60.1 Å². The van der Waals surface area contributed by atoms with Gasteiger partial charge in [-0.25, -0.2) is 9.50 Å². The van der Waals surface area contributed by atoms with E-state index in [1.54, 1.807) is 6.20 Å². The van der Waals surface area contributed by atoms with E-state index in [4.69, 9.17) is 9.84 Å². The quantitative estimate of drug-likeness (QED) is 0.460. The predicted molar refractivity (Wildman–Crippen MR) is 141 cm³/mol. The summed E-state index contributed by atoms with van der Waals surface area (Å²) in [5, 5.41) is 12.5. The number of rotatable bonds is 4. The molecule has 0 atom stereocenters. The van der Waals surface area contributed by atoms with Crippen molar-refractivity contribution in [3.05, 3.63) is 59.2 Å². The third kappa shape index (κ3) is 4.46. The van der Waals surface area contributed by atoms with Crippen LogP contribution in [0.25, 0.3) is 16.9 Å². The first kappa shape index (κ1) is 24.0. The fourth-order valence-electron chi connectivity index (χ4n) is 4.55. The van der Waals surface area contributed by atoms with E-state index in [0.717, 1.165) is 52.5 Å². The molecule has 0 saturated carbocycles. The summed E-state index contributed by atoms with van der Waals surface area (Å²) in [6, 6.07) is 6.19. The molecule has 1 fully saturated rings. The van der Waals surface area contributed by atoms with Crippen molar-refractivity contribution in [2.24, 2.45) is 0 Å². The third-order valence-corrected chi connectivity index (χ3v) is 6.62. The Balaban J connectivity index is 1.52. The van der Waals surface area contributed by atoms with Gasteiger partial charge in [-0.05, 0) is 64.8 Å². The highest BCUT2D eigenvalue weighted by Crippen LogP contribution is 2.32. The van der Waals surface area contributed by atoms with Crippen LogP contribution < -0.4 is 10.2 Å². The summed E-state index contributed by atoms with van der Waals surface area (Å²) in [5.74, 6) is -0.173. The smallest absolute Gasteiger partial charge is 0.259 e. The van der Waals surface area contributed by atoms with Crippen LogP contribution in [0.1, 0.15) is 48.0 Å². The van der Waals surface area contributed by atoms with Crippen LogP contribution in [0.3, 0.4) is 0 Å². The van der Waals surface area contributed by atoms with Crippen LogP contribution >= 0.6 is 0 Å². The molecule has 1 amide bonds. The Kier molecular flexibility index (Phi) is 6.04. The number of amides is 1. The van der Waals surface area contributed by atoms with Gasteiger partial charge in [0.1, 0.15) is 0 Å². The molecule has 0 radical (unpaired) electrons. The Hall–Kier alpha value is -3.72. The van der Waals surface area contributed by atoms with Gasteiger partial charge in [0.05, 0.1) is 41.4 Å². The van der Waals surface area contributed by atoms with Gasteiger partial charge in [-0.2, -0.15) is 10.2 Å². The molecule has 1 saturated heterocycles. The number of anilines is 2. The van der Waals surface area contributed by atoms with Gasteiger partial charge in [-0.3, -0.25) is 9.48 Å². The number of carbonyl (C=O) groups excluding carboxylic acids is 1. The monoisotopic (exact) mass is 487 g/mol. The lowest BCUT2D eigenvalue weighted by Gasteiger charge is -2.29. The number of hydrogen-bond donors (Lipinski definition) is 1. The zero-order valence-electron chi connectivity index (χ0n) is 21.8. The van der Waals surface area contributed by atoms with E-state index < -0.39 is 0 Å². The Labute approximate surface area is 211 Å². The van der Waals surface area contributed by atoms with Crippen molar-refractivity contribution in [2.75, 3.05) is 36.5 Å². The van der Waals surface area contributed by atoms with Gasteiger partial charge in [0.25, 0.3) is 5.91 Å². The zero-order chi connectivity index (χ0) is 25.6. The molecule has 0 bridgehead atoms. The second kappa shape index (κ2) is 9.05. The van der Waals surface area contributed by atoms with Gasteiger partial charge in [-0.1, -0.05) is 6.07 Å². The molecule has 188 valence electrons. The maximum atomic E-state index is 13.2.